The monoisotopic (exact) mass is 507 g/mol. The van der Waals surface area contributed by atoms with Gasteiger partial charge in [0.2, 0.25) is 0 Å². The number of thioether (sulfide) groups is 1. The first-order valence-electron chi connectivity index (χ1n) is 11.8. The van der Waals surface area contributed by atoms with Crippen LogP contribution in [0, 0.1) is 18.3 Å². The lowest BCUT2D eigenvalue weighted by Crippen LogP contribution is -2.48. The molecule has 0 bridgehead atoms. The number of hydrogen-bond acceptors (Lipinski definition) is 7. The Hall–Kier alpha value is -2.93. The molecule has 0 atom stereocenters. The summed E-state index contributed by atoms with van der Waals surface area (Å²) in [7, 11) is 0. The fourth-order valence-electron chi connectivity index (χ4n) is 4.59. The van der Waals surface area contributed by atoms with Gasteiger partial charge in [-0.2, -0.15) is 5.26 Å². The van der Waals surface area contributed by atoms with Crippen LogP contribution in [-0.2, 0) is 17.9 Å². The highest BCUT2D eigenvalue weighted by Gasteiger charge is 2.33. The smallest absolute Gasteiger partial charge is 0.270 e. The van der Waals surface area contributed by atoms with E-state index in [0.29, 0.717) is 27.9 Å². The van der Waals surface area contributed by atoms with Crippen molar-refractivity contribution in [3.05, 3.63) is 67.8 Å². The molecular weight excluding hydrogens is 478 g/mol. The van der Waals surface area contributed by atoms with Crippen LogP contribution in [0.5, 0.6) is 0 Å². The van der Waals surface area contributed by atoms with Crippen LogP contribution in [0.15, 0.2) is 40.0 Å². The molecule has 4 rings (SSSR count). The first kappa shape index (κ1) is 25.2. The average molecular weight is 508 g/mol. The molecule has 0 radical (unpaired) electrons. The SMILES string of the molecule is CCN1CCN(c2c(C=C3SC(=S)N(Cc4ccccc4)C3=O)c(C)c(C#N)c(=O)n2CC)CC1. The second kappa shape index (κ2) is 10.8. The van der Waals surface area contributed by atoms with Crippen LogP contribution >= 0.6 is 24.0 Å². The number of nitrogens with zero attached hydrogens (tertiary/aromatic N) is 5. The zero-order chi connectivity index (χ0) is 25.1. The highest BCUT2D eigenvalue weighted by molar-refractivity contribution is 8.26. The quantitative estimate of drug-likeness (QED) is 0.437. The van der Waals surface area contributed by atoms with Gasteiger partial charge in [0.15, 0.2) is 0 Å². The summed E-state index contributed by atoms with van der Waals surface area (Å²) >= 11 is 6.82. The molecule has 7 nitrogen and oxygen atoms in total. The molecule has 0 saturated carbocycles. The third-order valence-corrected chi connectivity index (χ3v) is 7.99. The van der Waals surface area contributed by atoms with E-state index >= 15 is 0 Å². The predicted molar refractivity (Wildman–Crippen MR) is 145 cm³/mol. The van der Waals surface area contributed by atoms with E-state index in [2.05, 4.69) is 22.8 Å². The van der Waals surface area contributed by atoms with Gasteiger partial charge in [-0.25, -0.2) is 0 Å². The van der Waals surface area contributed by atoms with E-state index in [1.165, 1.54) is 11.8 Å². The summed E-state index contributed by atoms with van der Waals surface area (Å²) < 4.78 is 2.18. The van der Waals surface area contributed by atoms with Gasteiger partial charge in [0.25, 0.3) is 11.5 Å². The number of carbonyl (C=O) groups excluding carboxylic acids is 1. The number of benzene rings is 1. The Bertz CT molecular complexity index is 1270. The zero-order valence-electron chi connectivity index (χ0n) is 20.3. The maximum Gasteiger partial charge on any atom is 0.270 e. The summed E-state index contributed by atoms with van der Waals surface area (Å²) in [6.45, 7) is 11.0. The van der Waals surface area contributed by atoms with Crippen molar-refractivity contribution in [2.45, 2.75) is 33.9 Å². The largest absolute Gasteiger partial charge is 0.355 e. The maximum atomic E-state index is 13.4. The van der Waals surface area contributed by atoms with Crippen LogP contribution in [0.3, 0.4) is 0 Å². The van der Waals surface area contributed by atoms with E-state index in [1.54, 1.807) is 16.4 Å². The van der Waals surface area contributed by atoms with Crippen molar-refractivity contribution in [3.8, 4) is 6.07 Å². The lowest BCUT2D eigenvalue weighted by Gasteiger charge is -2.37. The molecule has 3 heterocycles. The molecular formula is C26H29N5O2S2. The van der Waals surface area contributed by atoms with Gasteiger partial charge in [0.05, 0.1) is 11.4 Å². The molecule has 2 aliphatic rings. The van der Waals surface area contributed by atoms with Crippen LogP contribution in [-0.4, -0.2) is 57.3 Å². The van der Waals surface area contributed by atoms with Gasteiger partial charge < -0.3 is 9.80 Å². The first-order valence-corrected chi connectivity index (χ1v) is 13.1. The van der Waals surface area contributed by atoms with Crippen LogP contribution in [0.4, 0.5) is 5.82 Å². The maximum absolute atomic E-state index is 13.4. The summed E-state index contributed by atoms with van der Waals surface area (Å²) in [4.78, 5) is 33.3. The number of piperazine rings is 1. The minimum atomic E-state index is -0.283. The summed E-state index contributed by atoms with van der Waals surface area (Å²) in [6.07, 6.45) is 1.83. The molecule has 2 aromatic rings. The Morgan fingerprint density at radius 2 is 1.77 bits per heavy atom. The molecule has 1 aromatic heterocycles. The lowest BCUT2D eigenvalue weighted by atomic mass is 10.0. The molecule has 0 spiro atoms. The standard InChI is InChI=1S/C26H29N5O2S2/c1-4-28-11-13-29(14-12-28)23-20(18(3)21(16-27)24(32)30(23)5-2)15-22-25(33)31(26(34)35-22)17-19-9-7-6-8-10-19/h6-10,15H,4-5,11-14,17H2,1-3H3. The number of anilines is 1. The number of hydrogen-bond donors (Lipinski definition) is 0. The van der Waals surface area contributed by atoms with Gasteiger partial charge in [-0.3, -0.25) is 19.1 Å². The van der Waals surface area contributed by atoms with Gasteiger partial charge in [0, 0.05) is 38.3 Å². The predicted octanol–water partition coefficient (Wildman–Crippen LogP) is 3.59. The van der Waals surface area contributed by atoms with Gasteiger partial charge in [0.1, 0.15) is 21.8 Å². The lowest BCUT2D eigenvalue weighted by molar-refractivity contribution is -0.122. The Balaban J connectivity index is 1.79. The van der Waals surface area contributed by atoms with Crippen molar-refractivity contribution in [2.75, 3.05) is 37.6 Å². The van der Waals surface area contributed by atoms with Crippen LogP contribution < -0.4 is 10.5 Å². The van der Waals surface area contributed by atoms with Crippen molar-refractivity contribution >= 4 is 46.1 Å². The molecule has 0 N–H and O–H groups in total. The van der Waals surface area contributed by atoms with Crippen molar-refractivity contribution < 1.29 is 4.79 Å². The first-order chi connectivity index (χ1) is 16.9. The molecule has 0 aliphatic carbocycles. The molecule has 35 heavy (non-hydrogen) atoms. The molecule has 2 aliphatic heterocycles. The molecule has 1 amide bonds. The van der Waals surface area contributed by atoms with Gasteiger partial charge in [-0.15, -0.1) is 0 Å². The summed E-state index contributed by atoms with van der Waals surface area (Å²) in [6, 6.07) is 11.8. The van der Waals surface area contributed by atoms with Crippen LogP contribution in [0.1, 0.15) is 36.1 Å². The van der Waals surface area contributed by atoms with Crippen molar-refractivity contribution in [1.82, 2.24) is 14.4 Å². The molecule has 1 aromatic carbocycles. The zero-order valence-corrected chi connectivity index (χ0v) is 21.9. The summed E-state index contributed by atoms with van der Waals surface area (Å²) in [5.74, 6) is 0.621. The van der Waals surface area contributed by atoms with Crippen molar-refractivity contribution in [3.63, 3.8) is 0 Å². The highest BCUT2D eigenvalue weighted by Crippen LogP contribution is 2.36. The van der Waals surface area contributed by atoms with E-state index in [0.717, 1.165) is 49.7 Å². The molecule has 2 saturated heterocycles. The van der Waals surface area contributed by atoms with E-state index in [4.69, 9.17) is 12.2 Å². The van der Waals surface area contributed by atoms with Crippen LogP contribution in [0.25, 0.3) is 6.08 Å². The minimum absolute atomic E-state index is 0.119. The van der Waals surface area contributed by atoms with E-state index in [-0.39, 0.29) is 17.0 Å². The number of carbonyl (C=O) groups is 1. The number of amides is 1. The third kappa shape index (κ3) is 4.92. The topological polar surface area (TPSA) is 72.6 Å². The number of nitriles is 1. The Morgan fingerprint density at radius 3 is 2.37 bits per heavy atom. The summed E-state index contributed by atoms with van der Waals surface area (Å²) in [5, 5.41) is 9.77. The number of pyridine rings is 1. The summed E-state index contributed by atoms with van der Waals surface area (Å²) in [5.41, 5.74) is 2.18. The van der Waals surface area contributed by atoms with Crippen molar-refractivity contribution in [2.24, 2.45) is 0 Å². The third-order valence-electron chi connectivity index (χ3n) is 6.61. The Labute approximate surface area is 215 Å². The second-order valence-electron chi connectivity index (χ2n) is 8.57. The molecule has 9 heteroatoms. The number of aromatic nitrogens is 1. The number of rotatable bonds is 6. The number of thiocarbonyl (C=S) groups is 1. The normalized spacial score (nSPS) is 17.9. The van der Waals surface area contributed by atoms with E-state index in [9.17, 15) is 14.9 Å². The van der Waals surface area contributed by atoms with Crippen molar-refractivity contribution in [1.29, 1.82) is 5.26 Å². The van der Waals surface area contributed by atoms with Gasteiger partial charge in [-0.05, 0) is 37.6 Å². The fourth-order valence-corrected chi connectivity index (χ4v) is 5.82. The van der Waals surface area contributed by atoms with Gasteiger partial charge >= 0.3 is 0 Å². The Morgan fingerprint density at radius 1 is 1.09 bits per heavy atom. The molecule has 182 valence electrons. The fraction of sp³-hybridized carbons (Fsp3) is 0.385. The molecule has 2 fully saturated rings. The van der Waals surface area contributed by atoms with Gasteiger partial charge in [-0.1, -0.05) is 61.2 Å². The van der Waals surface area contributed by atoms with Crippen LogP contribution in [0.2, 0.25) is 0 Å². The molecule has 0 unspecified atom stereocenters. The minimum Gasteiger partial charge on any atom is -0.355 e. The second-order valence-corrected chi connectivity index (χ2v) is 10.2. The number of likely N-dealkylation sites (N-methyl/N-ethyl adjacent to an activating group) is 1. The highest BCUT2D eigenvalue weighted by atomic mass is 32.2. The van der Waals surface area contributed by atoms with E-state index in [1.807, 2.05) is 43.3 Å². The van der Waals surface area contributed by atoms with E-state index < -0.39 is 0 Å². The average Bonchev–Trinajstić information content (AvgIpc) is 3.13. The Kier molecular flexibility index (Phi) is 7.75.